The number of anilines is 2. The lowest BCUT2D eigenvalue weighted by Crippen LogP contribution is -2.16. The van der Waals surface area contributed by atoms with E-state index in [0.29, 0.717) is 18.0 Å². The standard InChI is InChI=1S/C15H20N4O2/c1-10-15(11(2)19(3)18-10)17-14(20)8-9-21-13-6-4-12(16)5-7-13/h4-7H,8-9,16H2,1-3H3,(H,17,20). The molecule has 0 bridgehead atoms. The summed E-state index contributed by atoms with van der Waals surface area (Å²) in [6.07, 6.45) is 0.276. The summed E-state index contributed by atoms with van der Waals surface area (Å²) >= 11 is 0. The molecular formula is C15H20N4O2. The largest absolute Gasteiger partial charge is 0.493 e. The second kappa shape index (κ2) is 6.30. The van der Waals surface area contributed by atoms with Crippen molar-refractivity contribution in [2.75, 3.05) is 17.7 Å². The smallest absolute Gasteiger partial charge is 0.227 e. The van der Waals surface area contributed by atoms with Crippen molar-refractivity contribution in [1.29, 1.82) is 0 Å². The van der Waals surface area contributed by atoms with Gasteiger partial charge in [-0.2, -0.15) is 5.10 Å². The third-order valence-electron chi connectivity index (χ3n) is 3.25. The first kappa shape index (κ1) is 14.9. The summed E-state index contributed by atoms with van der Waals surface area (Å²) in [7, 11) is 1.85. The number of nitrogen functional groups attached to an aromatic ring is 1. The van der Waals surface area contributed by atoms with Crippen LogP contribution in [0.2, 0.25) is 0 Å². The Morgan fingerprint density at radius 2 is 2.00 bits per heavy atom. The van der Waals surface area contributed by atoms with Gasteiger partial charge in [0.1, 0.15) is 5.75 Å². The number of hydrogen-bond donors (Lipinski definition) is 2. The van der Waals surface area contributed by atoms with E-state index in [9.17, 15) is 4.79 Å². The van der Waals surface area contributed by atoms with Crippen molar-refractivity contribution in [1.82, 2.24) is 9.78 Å². The Balaban J connectivity index is 1.83. The van der Waals surface area contributed by atoms with E-state index < -0.39 is 0 Å². The molecule has 112 valence electrons. The molecule has 2 aromatic rings. The van der Waals surface area contributed by atoms with Crippen LogP contribution in [0, 0.1) is 13.8 Å². The number of hydrogen-bond acceptors (Lipinski definition) is 4. The Hall–Kier alpha value is -2.50. The maximum absolute atomic E-state index is 11.9. The number of nitrogens with zero attached hydrogens (tertiary/aromatic N) is 2. The minimum absolute atomic E-state index is 0.0929. The lowest BCUT2D eigenvalue weighted by Gasteiger charge is -2.08. The SMILES string of the molecule is Cc1nn(C)c(C)c1NC(=O)CCOc1ccc(N)cc1. The molecule has 0 fully saturated rings. The van der Waals surface area contributed by atoms with Crippen molar-refractivity contribution in [2.24, 2.45) is 7.05 Å². The van der Waals surface area contributed by atoms with Crippen molar-refractivity contribution in [2.45, 2.75) is 20.3 Å². The van der Waals surface area contributed by atoms with Gasteiger partial charge in [0.2, 0.25) is 5.91 Å². The molecule has 0 atom stereocenters. The number of aromatic nitrogens is 2. The van der Waals surface area contributed by atoms with Crippen LogP contribution < -0.4 is 15.8 Å². The van der Waals surface area contributed by atoms with Crippen molar-refractivity contribution in [3.8, 4) is 5.75 Å². The number of ether oxygens (including phenoxy) is 1. The molecule has 2 rings (SSSR count). The molecule has 1 aromatic carbocycles. The second-order valence-corrected chi connectivity index (χ2v) is 4.89. The third-order valence-corrected chi connectivity index (χ3v) is 3.25. The summed E-state index contributed by atoms with van der Waals surface area (Å²) in [5.74, 6) is 0.607. The Morgan fingerprint density at radius 3 is 2.57 bits per heavy atom. The Morgan fingerprint density at radius 1 is 1.33 bits per heavy atom. The predicted octanol–water partition coefficient (Wildman–Crippen LogP) is 2.03. The molecule has 1 aromatic heterocycles. The number of nitrogens with two attached hydrogens (primary N) is 1. The van der Waals surface area contributed by atoms with Gasteiger partial charge in [-0.05, 0) is 38.1 Å². The first-order valence-corrected chi connectivity index (χ1v) is 6.75. The number of amides is 1. The molecule has 0 aliphatic carbocycles. The van der Waals surface area contributed by atoms with Crippen molar-refractivity contribution >= 4 is 17.3 Å². The van der Waals surface area contributed by atoms with E-state index in [1.807, 2.05) is 20.9 Å². The van der Waals surface area contributed by atoms with Crippen LogP contribution in [0.25, 0.3) is 0 Å². The molecule has 3 N–H and O–H groups in total. The summed E-state index contributed by atoms with van der Waals surface area (Å²) in [6, 6.07) is 7.08. The Bertz CT molecular complexity index is 632. The van der Waals surface area contributed by atoms with E-state index >= 15 is 0 Å². The fraction of sp³-hybridized carbons (Fsp3) is 0.333. The molecule has 0 saturated carbocycles. The van der Waals surface area contributed by atoms with Gasteiger partial charge < -0.3 is 15.8 Å². The van der Waals surface area contributed by atoms with E-state index in [1.165, 1.54) is 0 Å². The van der Waals surface area contributed by atoms with Crippen LogP contribution in [0.5, 0.6) is 5.75 Å². The first-order chi connectivity index (χ1) is 9.97. The number of aryl methyl sites for hydroxylation is 2. The van der Waals surface area contributed by atoms with Crippen LogP contribution >= 0.6 is 0 Å². The normalized spacial score (nSPS) is 10.4. The maximum Gasteiger partial charge on any atom is 0.227 e. The van der Waals surface area contributed by atoms with Crippen LogP contribution in [-0.4, -0.2) is 22.3 Å². The molecule has 0 radical (unpaired) electrons. The third kappa shape index (κ3) is 3.75. The minimum Gasteiger partial charge on any atom is -0.493 e. The van der Waals surface area contributed by atoms with E-state index in [1.54, 1.807) is 28.9 Å². The van der Waals surface area contributed by atoms with Crippen molar-refractivity contribution < 1.29 is 9.53 Å². The van der Waals surface area contributed by atoms with E-state index in [2.05, 4.69) is 10.4 Å². The summed E-state index contributed by atoms with van der Waals surface area (Å²) < 4.78 is 7.24. The highest BCUT2D eigenvalue weighted by atomic mass is 16.5. The molecule has 0 unspecified atom stereocenters. The molecule has 6 nitrogen and oxygen atoms in total. The fourth-order valence-corrected chi connectivity index (χ4v) is 1.98. The summed E-state index contributed by atoms with van der Waals surface area (Å²) in [4.78, 5) is 11.9. The van der Waals surface area contributed by atoms with Crippen LogP contribution in [0.1, 0.15) is 17.8 Å². The highest BCUT2D eigenvalue weighted by molar-refractivity contribution is 5.91. The zero-order valence-electron chi connectivity index (χ0n) is 12.5. The summed E-state index contributed by atoms with van der Waals surface area (Å²) in [6.45, 7) is 4.10. The van der Waals surface area contributed by atoms with Gasteiger partial charge in [0.25, 0.3) is 0 Å². The maximum atomic E-state index is 11.9. The molecule has 0 spiro atoms. The fourth-order valence-electron chi connectivity index (χ4n) is 1.98. The predicted molar refractivity (Wildman–Crippen MR) is 82.3 cm³/mol. The quantitative estimate of drug-likeness (QED) is 0.825. The number of carbonyl (C=O) groups is 1. The van der Waals surface area contributed by atoms with Gasteiger partial charge in [-0.15, -0.1) is 0 Å². The topological polar surface area (TPSA) is 82.2 Å². The molecule has 0 saturated heterocycles. The van der Waals surface area contributed by atoms with E-state index in [4.69, 9.17) is 10.5 Å². The van der Waals surface area contributed by atoms with Gasteiger partial charge in [-0.3, -0.25) is 9.48 Å². The molecule has 21 heavy (non-hydrogen) atoms. The van der Waals surface area contributed by atoms with Crippen molar-refractivity contribution in [3.05, 3.63) is 35.7 Å². The highest BCUT2D eigenvalue weighted by Crippen LogP contribution is 2.18. The van der Waals surface area contributed by atoms with E-state index in [-0.39, 0.29) is 12.3 Å². The molecule has 1 heterocycles. The Labute approximate surface area is 123 Å². The molecule has 0 aliphatic rings. The average Bonchev–Trinajstić information content (AvgIpc) is 2.68. The zero-order chi connectivity index (χ0) is 15.4. The van der Waals surface area contributed by atoms with Gasteiger partial charge >= 0.3 is 0 Å². The second-order valence-electron chi connectivity index (χ2n) is 4.89. The van der Waals surface area contributed by atoms with Gasteiger partial charge in [0.15, 0.2) is 0 Å². The zero-order valence-corrected chi connectivity index (χ0v) is 12.5. The lowest BCUT2D eigenvalue weighted by molar-refractivity contribution is -0.116. The summed E-state index contributed by atoms with van der Waals surface area (Å²) in [5.41, 5.74) is 8.79. The number of carbonyl (C=O) groups excluding carboxylic acids is 1. The van der Waals surface area contributed by atoms with Gasteiger partial charge in [-0.1, -0.05) is 0 Å². The highest BCUT2D eigenvalue weighted by Gasteiger charge is 2.12. The van der Waals surface area contributed by atoms with Gasteiger partial charge in [0.05, 0.1) is 30.1 Å². The van der Waals surface area contributed by atoms with Gasteiger partial charge in [-0.25, -0.2) is 0 Å². The van der Waals surface area contributed by atoms with Crippen LogP contribution in [0.3, 0.4) is 0 Å². The van der Waals surface area contributed by atoms with Crippen LogP contribution in [-0.2, 0) is 11.8 Å². The van der Waals surface area contributed by atoms with E-state index in [0.717, 1.165) is 17.1 Å². The first-order valence-electron chi connectivity index (χ1n) is 6.75. The molecule has 6 heteroatoms. The van der Waals surface area contributed by atoms with Gasteiger partial charge in [0, 0.05) is 12.7 Å². The number of rotatable bonds is 5. The minimum atomic E-state index is -0.0929. The lowest BCUT2D eigenvalue weighted by atomic mass is 10.3. The monoisotopic (exact) mass is 288 g/mol. The summed E-state index contributed by atoms with van der Waals surface area (Å²) in [5, 5.41) is 7.13. The Kier molecular flexibility index (Phi) is 4.47. The number of benzene rings is 1. The van der Waals surface area contributed by atoms with Crippen LogP contribution in [0.4, 0.5) is 11.4 Å². The number of nitrogens with one attached hydrogen (secondary N) is 1. The van der Waals surface area contributed by atoms with Crippen LogP contribution in [0.15, 0.2) is 24.3 Å². The molecule has 0 aliphatic heterocycles. The molecule has 1 amide bonds. The average molecular weight is 288 g/mol. The molecular weight excluding hydrogens is 268 g/mol. The van der Waals surface area contributed by atoms with Crippen molar-refractivity contribution in [3.63, 3.8) is 0 Å².